The third-order valence-corrected chi connectivity index (χ3v) is 3.93. The molecule has 4 rings (SSSR count). The van der Waals surface area contributed by atoms with Crippen LogP contribution in [0.25, 0.3) is 17.0 Å². The van der Waals surface area contributed by atoms with Crippen LogP contribution in [-0.4, -0.2) is 26.4 Å². The summed E-state index contributed by atoms with van der Waals surface area (Å²) in [4.78, 5) is 0. The van der Waals surface area contributed by atoms with Gasteiger partial charge in [-0.1, -0.05) is 30.3 Å². The summed E-state index contributed by atoms with van der Waals surface area (Å²) >= 11 is 0. The second-order valence-corrected chi connectivity index (χ2v) is 5.68. The summed E-state index contributed by atoms with van der Waals surface area (Å²) in [6, 6.07) is 20.2. The molecule has 0 aliphatic heterocycles. The van der Waals surface area contributed by atoms with Crippen LogP contribution in [0.5, 0.6) is 0 Å². The van der Waals surface area contributed by atoms with Gasteiger partial charge in [0, 0.05) is 12.1 Å². The molecular weight excluding hydrogens is 317 g/mol. The molecule has 2 aromatic carbocycles. The zero-order valence-corrected chi connectivity index (χ0v) is 13.4. The molecule has 2 heterocycles. The lowest BCUT2D eigenvalue weighted by molar-refractivity contribution is 0.628. The van der Waals surface area contributed by atoms with Crippen LogP contribution in [0.4, 0.5) is 10.2 Å². The van der Waals surface area contributed by atoms with Crippen molar-refractivity contribution in [2.24, 2.45) is 0 Å². The SMILES string of the molecule is Fc1ccc(-c2nnc3ccc(NCCc4ccccc4)nn23)cc1. The van der Waals surface area contributed by atoms with Gasteiger partial charge in [-0.3, -0.25) is 0 Å². The highest BCUT2D eigenvalue weighted by Crippen LogP contribution is 2.18. The fraction of sp³-hybridized carbons (Fsp3) is 0.105. The van der Waals surface area contributed by atoms with Crippen LogP contribution in [0.3, 0.4) is 0 Å². The Morgan fingerprint density at radius 2 is 1.68 bits per heavy atom. The topological polar surface area (TPSA) is 55.1 Å². The van der Waals surface area contributed by atoms with Gasteiger partial charge in [0.25, 0.3) is 0 Å². The standard InChI is InChI=1S/C19H16FN5/c20-16-8-6-15(7-9-16)19-23-22-18-11-10-17(24-25(18)19)21-13-12-14-4-2-1-3-5-14/h1-11H,12-13H2,(H,21,24). The average molecular weight is 333 g/mol. The van der Waals surface area contributed by atoms with Gasteiger partial charge in [-0.2, -0.15) is 4.52 Å². The second-order valence-electron chi connectivity index (χ2n) is 5.68. The van der Waals surface area contributed by atoms with Crippen LogP contribution < -0.4 is 5.32 Å². The summed E-state index contributed by atoms with van der Waals surface area (Å²) in [6.07, 6.45) is 0.910. The minimum Gasteiger partial charge on any atom is -0.368 e. The summed E-state index contributed by atoms with van der Waals surface area (Å²) in [5.74, 6) is 1.04. The fourth-order valence-electron chi connectivity index (χ4n) is 2.64. The predicted molar refractivity (Wildman–Crippen MR) is 94.8 cm³/mol. The highest BCUT2D eigenvalue weighted by Gasteiger charge is 2.10. The highest BCUT2D eigenvalue weighted by molar-refractivity contribution is 5.59. The quantitative estimate of drug-likeness (QED) is 0.606. The van der Waals surface area contributed by atoms with Crippen molar-refractivity contribution in [2.45, 2.75) is 6.42 Å². The van der Waals surface area contributed by atoms with Gasteiger partial charge in [0.05, 0.1) is 0 Å². The minimum absolute atomic E-state index is 0.284. The molecule has 0 spiro atoms. The van der Waals surface area contributed by atoms with Crippen molar-refractivity contribution >= 4 is 11.5 Å². The molecule has 0 amide bonds. The molecule has 1 N–H and O–H groups in total. The Morgan fingerprint density at radius 3 is 2.48 bits per heavy atom. The largest absolute Gasteiger partial charge is 0.368 e. The Hall–Kier alpha value is -3.28. The zero-order chi connectivity index (χ0) is 17.1. The third kappa shape index (κ3) is 3.33. The Bertz CT molecular complexity index is 980. The van der Waals surface area contributed by atoms with Crippen LogP contribution in [0.2, 0.25) is 0 Å². The highest BCUT2D eigenvalue weighted by atomic mass is 19.1. The summed E-state index contributed by atoms with van der Waals surface area (Å²) in [7, 11) is 0. The summed E-state index contributed by atoms with van der Waals surface area (Å²) in [5.41, 5.74) is 2.68. The average Bonchev–Trinajstić information content (AvgIpc) is 3.07. The maximum Gasteiger partial charge on any atom is 0.185 e. The number of nitrogens with zero attached hydrogens (tertiary/aromatic N) is 4. The summed E-state index contributed by atoms with van der Waals surface area (Å²) in [6.45, 7) is 0.774. The number of fused-ring (bicyclic) bond motifs is 1. The molecule has 0 saturated heterocycles. The first-order chi connectivity index (χ1) is 12.3. The first kappa shape index (κ1) is 15.3. The van der Waals surface area contributed by atoms with Crippen molar-refractivity contribution in [3.8, 4) is 11.4 Å². The number of nitrogens with one attached hydrogen (secondary N) is 1. The van der Waals surface area contributed by atoms with Crippen LogP contribution in [0.15, 0.2) is 66.7 Å². The van der Waals surface area contributed by atoms with Gasteiger partial charge >= 0.3 is 0 Å². The van der Waals surface area contributed by atoms with Crippen molar-refractivity contribution < 1.29 is 4.39 Å². The van der Waals surface area contributed by atoms with E-state index >= 15 is 0 Å². The molecule has 0 bridgehead atoms. The molecule has 0 atom stereocenters. The summed E-state index contributed by atoms with van der Waals surface area (Å²) < 4.78 is 14.8. The Balaban J connectivity index is 1.55. The van der Waals surface area contributed by atoms with Crippen LogP contribution in [-0.2, 0) is 6.42 Å². The van der Waals surface area contributed by atoms with Gasteiger partial charge in [0.2, 0.25) is 0 Å². The predicted octanol–water partition coefficient (Wildman–Crippen LogP) is 3.59. The van der Waals surface area contributed by atoms with Crippen molar-refractivity contribution in [1.82, 2.24) is 19.8 Å². The van der Waals surface area contributed by atoms with E-state index in [1.54, 1.807) is 16.6 Å². The van der Waals surface area contributed by atoms with E-state index in [4.69, 9.17) is 0 Å². The van der Waals surface area contributed by atoms with E-state index < -0.39 is 0 Å². The molecule has 0 aliphatic carbocycles. The monoisotopic (exact) mass is 333 g/mol. The molecule has 0 radical (unpaired) electrons. The minimum atomic E-state index is -0.284. The maximum atomic E-state index is 13.1. The lowest BCUT2D eigenvalue weighted by Crippen LogP contribution is -2.08. The first-order valence-corrected chi connectivity index (χ1v) is 8.06. The molecule has 0 fully saturated rings. The van der Waals surface area contributed by atoms with E-state index in [1.165, 1.54) is 17.7 Å². The molecule has 4 aromatic rings. The number of benzene rings is 2. The number of halogens is 1. The fourth-order valence-corrected chi connectivity index (χ4v) is 2.64. The molecule has 25 heavy (non-hydrogen) atoms. The Morgan fingerprint density at radius 1 is 0.880 bits per heavy atom. The molecule has 6 heteroatoms. The van der Waals surface area contributed by atoms with E-state index in [2.05, 4.69) is 32.7 Å². The second kappa shape index (κ2) is 6.68. The summed E-state index contributed by atoms with van der Waals surface area (Å²) in [5, 5.41) is 16.1. The van der Waals surface area contributed by atoms with E-state index in [1.807, 2.05) is 30.3 Å². The molecule has 0 aliphatic rings. The van der Waals surface area contributed by atoms with E-state index in [-0.39, 0.29) is 5.82 Å². The number of hydrogen-bond donors (Lipinski definition) is 1. The van der Waals surface area contributed by atoms with Gasteiger partial charge in [0.15, 0.2) is 11.5 Å². The van der Waals surface area contributed by atoms with E-state index in [0.29, 0.717) is 11.5 Å². The van der Waals surface area contributed by atoms with E-state index in [0.717, 1.165) is 24.3 Å². The van der Waals surface area contributed by atoms with Crippen molar-refractivity contribution in [3.05, 3.63) is 78.1 Å². The normalized spacial score (nSPS) is 10.9. The third-order valence-electron chi connectivity index (χ3n) is 3.93. The molecule has 0 saturated carbocycles. The molecule has 5 nitrogen and oxygen atoms in total. The van der Waals surface area contributed by atoms with E-state index in [9.17, 15) is 4.39 Å². The van der Waals surface area contributed by atoms with Crippen molar-refractivity contribution in [1.29, 1.82) is 0 Å². The van der Waals surface area contributed by atoms with Crippen LogP contribution in [0.1, 0.15) is 5.56 Å². The number of hydrogen-bond acceptors (Lipinski definition) is 4. The Labute approximate surface area is 144 Å². The van der Waals surface area contributed by atoms with Gasteiger partial charge < -0.3 is 5.32 Å². The van der Waals surface area contributed by atoms with Crippen LogP contribution in [0, 0.1) is 5.82 Å². The lowest BCUT2D eigenvalue weighted by Gasteiger charge is -2.06. The maximum absolute atomic E-state index is 13.1. The number of rotatable bonds is 5. The lowest BCUT2D eigenvalue weighted by atomic mass is 10.1. The molecule has 0 unspecified atom stereocenters. The smallest absolute Gasteiger partial charge is 0.185 e. The van der Waals surface area contributed by atoms with Gasteiger partial charge in [-0.15, -0.1) is 15.3 Å². The van der Waals surface area contributed by atoms with Crippen molar-refractivity contribution in [3.63, 3.8) is 0 Å². The molecule has 124 valence electrons. The first-order valence-electron chi connectivity index (χ1n) is 8.06. The van der Waals surface area contributed by atoms with Gasteiger partial charge in [-0.05, 0) is 48.4 Å². The van der Waals surface area contributed by atoms with Gasteiger partial charge in [-0.25, -0.2) is 4.39 Å². The van der Waals surface area contributed by atoms with Crippen LogP contribution >= 0.6 is 0 Å². The molecular formula is C19H16FN5. The van der Waals surface area contributed by atoms with Crippen molar-refractivity contribution in [2.75, 3.05) is 11.9 Å². The molecule has 2 aromatic heterocycles. The zero-order valence-electron chi connectivity index (χ0n) is 13.4. The number of anilines is 1. The van der Waals surface area contributed by atoms with Gasteiger partial charge in [0.1, 0.15) is 11.6 Å². The Kier molecular flexibility index (Phi) is 4.08. The number of aromatic nitrogens is 4.